The second-order valence-corrected chi connectivity index (χ2v) is 11.2. The molecule has 0 saturated carbocycles. The summed E-state index contributed by atoms with van der Waals surface area (Å²) in [5, 5.41) is 0. The van der Waals surface area contributed by atoms with E-state index in [0.717, 1.165) is 11.1 Å². The number of benzene rings is 2. The fourth-order valence-corrected chi connectivity index (χ4v) is 5.11. The molecule has 0 spiro atoms. The van der Waals surface area contributed by atoms with Crippen molar-refractivity contribution >= 4 is 19.5 Å². The average Bonchev–Trinajstić information content (AvgIpc) is 2.69. The molecule has 4 nitrogen and oxygen atoms in total. The number of hydrogen-bond donors (Lipinski definition) is 2. The Morgan fingerprint density at radius 3 is 2.16 bits per heavy atom. The van der Waals surface area contributed by atoms with E-state index in [4.69, 9.17) is 14.3 Å². The summed E-state index contributed by atoms with van der Waals surface area (Å²) in [5.41, 5.74) is 7.52. The Morgan fingerprint density at radius 1 is 1.03 bits per heavy atom. The lowest BCUT2D eigenvalue weighted by Gasteiger charge is -2.42. The molecule has 2 N–H and O–H groups in total. The first kappa shape index (κ1) is 23.9. The first-order valence-corrected chi connectivity index (χ1v) is 12.5. The standard InChI is InChI=1S/C26H35O4P/c1-7-24(30-31(27,28)29)20-10-8-19(9-11-20)16-18(2)21-12-13-22-23(17-21)26(5,6)15-14-25(22,3)4/h8-13,16-17,24H,7,14-15H2,1-6H3,(H2,27,28,29). The minimum Gasteiger partial charge on any atom is -0.303 e. The molecule has 31 heavy (non-hydrogen) atoms. The van der Waals surface area contributed by atoms with E-state index >= 15 is 0 Å². The maximum atomic E-state index is 11.2. The van der Waals surface area contributed by atoms with E-state index in [0.29, 0.717) is 6.42 Å². The van der Waals surface area contributed by atoms with Gasteiger partial charge in [-0.2, -0.15) is 0 Å². The van der Waals surface area contributed by atoms with Crippen LogP contribution in [0.3, 0.4) is 0 Å². The molecule has 0 aromatic heterocycles. The second kappa shape index (κ2) is 8.67. The number of hydrogen-bond acceptors (Lipinski definition) is 2. The number of phosphoric acid groups is 1. The summed E-state index contributed by atoms with van der Waals surface area (Å²) in [4.78, 5) is 18.2. The molecule has 3 rings (SSSR count). The molecule has 0 aliphatic heterocycles. The van der Waals surface area contributed by atoms with E-state index in [-0.39, 0.29) is 10.8 Å². The molecule has 1 atom stereocenters. The fraction of sp³-hybridized carbons (Fsp3) is 0.462. The summed E-state index contributed by atoms with van der Waals surface area (Å²) in [6.07, 6.45) is 4.41. The third-order valence-corrected chi connectivity index (χ3v) is 7.16. The molecule has 0 heterocycles. The Kier molecular flexibility index (Phi) is 6.70. The van der Waals surface area contributed by atoms with Gasteiger partial charge in [0.2, 0.25) is 0 Å². The molecule has 0 radical (unpaired) electrons. The second-order valence-electron chi connectivity index (χ2n) is 10.0. The van der Waals surface area contributed by atoms with Gasteiger partial charge in [-0.1, -0.05) is 83.2 Å². The molecule has 168 valence electrons. The first-order valence-electron chi connectivity index (χ1n) is 11.0. The topological polar surface area (TPSA) is 66.8 Å². The van der Waals surface area contributed by atoms with E-state index < -0.39 is 13.9 Å². The van der Waals surface area contributed by atoms with Crippen molar-refractivity contribution in [2.75, 3.05) is 0 Å². The van der Waals surface area contributed by atoms with Gasteiger partial charge in [0.15, 0.2) is 0 Å². The highest BCUT2D eigenvalue weighted by molar-refractivity contribution is 7.46. The lowest BCUT2D eigenvalue weighted by molar-refractivity contribution is 0.131. The summed E-state index contributed by atoms with van der Waals surface area (Å²) < 4.78 is 16.1. The predicted molar refractivity (Wildman–Crippen MR) is 128 cm³/mol. The summed E-state index contributed by atoms with van der Waals surface area (Å²) in [6.45, 7) is 13.3. The number of phosphoric ester groups is 1. The van der Waals surface area contributed by atoms with E-state index in [1.54, 1.807) is 0 Å². The highest BCUT2D eigenvalue weighted by Crippen LogP contribution is 2.46. The Labute approximate surface area is 186 Å². The van der Waals surface area contributed by atoms with E-state index in [2.05, 4.69) is 58.9 Å². The molecule has 0 saturated heterocycles. The van der Waals surface area contributed by atoms with Crippen molar-refractivity contribution in [3.8, 4) is 0 Å². The Morgan fingerprint density at radius 2 is 1.61 bits per heavy atom. The normalized spacial score (nSPS) is 19.0. The van der Waals surface area contributed by atoms with Gasteiger partial charge in [-0.3, -0.25) is 4.52 Å². The maximum absolute atomic E-state index is 11.2. The van der Waals surface area contributed by atoms with Crippen LogP contribution in [0.1, 0.15) is 94.7 Å². The quantitative estimate of drug-likeness (QED) is 0.368. The fourth-order valence-electron chi connectivity index (χ4n) is 4.51. The van der Waals surface area contributed by atoms with Gasteiger partial charge in [0, 0.05) is 0 Å². The molecule has 5 heteroatoms. The maximum Gasteiger partial charge on any atom is 0.470 e. The van der Waals surface area contributed by atoms with Crippen LogP contribution < -0.4 is 0 Å². The van der Waals surface area contributed by atoms with Crippen molar-refractivity contribution in [2.45, 2.75) is 77.7 Å². The Hall–Kier alpha value is -1.71. The summed E-state index contributed by atoms with van der Waals surface area (Å²) in [5.74, 6) is 0. The van der Waals surface area contributed by atoms with Crippen LogP contribution in [0.4, 0.5) is 0 Å². The van der Waals surface area contributed by atoms with Gasteiger partial charge in [0.25, 0.3) is 0 Å². The van der Waals surface area contributed by atoms with Gasteiger partial charge in [0.05, 0.1) is 6.10 Å². The number of allylic oxidation sites excluding steroid dienone is 1. The molecule has 0 amide bonds. The van der Waals surface area contributed by atoms with Crippen LogP contribution in [0.15, 0.2) is 42.5 Å². The molecular weight excluding hydrogens is 407 g/mol. The van der Waals surface area contributed by atoms with Crippen LogP contribution in [0.2, 0.25) is 0 Å². The van der Waals surface area contributed by atoms with E-state index in [9.17, 15) is 4.57 Å². The summed E-state index contributed by atoms with van der Waals surface area (Å²) in [6, 6.07) is 14.6. The molecule has 1 unspecified atom stereocenters. The zero-order valence-electron chi connectivity index (χ0n) is 19.5. The van der Waals surface area contributed by atoms with Gasteiger partial charge in [-0.25, -0.2) is 4.57 Å². The molecular formula is C26H35O4P. The highest BCUT2D eigenvalue weighted by atomic mass is 31.2. The minimum absolute atomic E-state index is 0.177. The predicted octanol–water partition coefficient (Wildman–Crippen LogP) is 7.16. The molecule has 1 aliphatic rings. The van der Waals surface area contributed by atoms with Crippen molar-refractivity contribution in [3.05, 3.63) is 70.3 Å². The third-order valence-electron chi connectivity index (χ3n) is 6.63. The van der Waals surface area contributed by atoms with Crippen molar-refractivity contribution in [1.82, 2.24) is 0 Å². The van der Waals surface area contributed by atoms with Gasteiger partial charge < -0.3 is 9.79 Å². The van der Waals surface area contributed by atoms with Crippen LogP contribution in [0.25, 0.3) is 11.6 Å². The summed E-state index contributed by atoms with van der Waals surface area (Å²) >= 11 is 0. The van der Waals surface area contributed by atoms with Crippen LogP contribution in [0, 0.1) is 0 Å². The van der Waals surface area contributed by atoms with Crippen molar-refractivity contribution in [1.29, 1.82) is 0 Å². The monoisotopic (exact) mass is 442 g/mol. The Balaban J connectivity index is 1.87. The SMILES string of the molecule is CCC(OP(=O)(O)O)c1ccc(C=C(C)c2ccc3c(c2)C(C)(C)CCC3(C)C)cc1. The smallest absolute Gasteiger partial charge is 0.303 e. The number of rotatable bonds is 6. The zero-order chi connectivity index (χ0) is 23.0. The zero-order valence-corrected chi connectivity index (χ0v) is 20.4. The third kappa shape index (κ3) is 5.56. The van der Waals surface area contributed by atoms with Crippen molar-refractivity contribution in [3.63, 3.8) is 0 Å². The largest absolute Gasteiger partial charge is 0.470 e. The van der Waals surface area contributed by atoms with Crippen LogP contribution in [-0.2, 0) is 19.9 Å². The van der Waals surface area contributed by atoms with Crippen LogP contribution in [0.5, 0.6) is 0 Å². The molecule has 0 bridgehead atoms. The van der Waals surface area contributed by atoms with E-state index in [1.807, 2.05) is 31.2 Å². The summed E-state index contributed by atoms with van der Waals surface area (Å²) in [7, 11) is -4.52. The lowest BCUT2D eigenvalue weighted by Crippen LogP contribution is -2.33. The molecule has 0 fully saturated rings. The Bertz CT molecular complexity index is 1010. The van der Waals surface area contributed by atoms with E-state index in [1.165, 1.54) is 35.1 Å². The minimum atomic E-state index is -4.52. The van der Waals surface area contributed by atoms with Crippen molar-refractivity contribution in [2.24, 2.45) is 0 Å². The average molecular weight is 443 g/mol. The van der Waals surface area contributed by atoms with Crippen molar-refractivity contribution < 1.29 is 18.9 Å². The van der Waals surface area contributed by atoms with Gasteiger partial charge in [-0.15, -0.1) is 0 Å². The first-order chi connectivity index (χ1) is 14.3. The van der Waals surface area contributed by atoms with Crippen LogP contribution in [-0.4, -0.2) is 9.79 Å². The van der Waals surface area contributed by atoms with Crippen LogP contribution >= 0.6 is 7.82 Å². The lowest BCUT2D eigenvalue weighted by atomic mass is 9.63. The van der Waals surface area contributed by atoms with Gasteiger partial charge in [-0.05, 0) is 70.4 Å². The van der Waals surface area contributed by atoms with Gasteiger partial charge in [0.1, 0.15) is 0 Å². The molecule has 2 aromatic carbocycles. The molecule has 1 aliphatic carbocycles. The highest BCUT2D eigenvalue weighted by Gasteiger charge is 2.36. The molecule has 2 aromatic rings. The number of fused-ring (bicyclic) bond motifs is 1. The van der Waals surface area contributed by atoms with Gasteiger partial charge >= 0.3 is 7.82 Å².